The number of nitrogens with one attached hydrogen (secondary N) is 1. The maximum absolute atomic E-state index is 12.5. The Balaban J connectivity index is 1.78. The molecule has 0 spiro atoms. The van der Waals surface area contributed by atoms with Crippen molar-refractivity contribution >= 4 is 6.03 Å². The van der Waals surface area contributed by atoms with Crippen LogP contribution in [0.1, 0.15) is 25.8 Å². The number of carbonyl (C=O) groups excluding carboxylic acids is 1. The van der Waals surface area contributed by atoms with Gasteiger partial charge in [-0.3, -0.25) is 0 Å². The van der Waals surface area contributed by atoms with Crippen LogP contribution in [0.15, 0.2) is 24.3 Å². The van der Waals surface area contributed by atoms with Crippen LogP contribution in [0.25, 0.3) is 0 Å². The molecule has 1 N–H and O–H groups in total. The molecule has 1 aromatic carbocycles. The molecule has 1 aliphatic rings. The Hall–Kier alpha value is -1.75. The van der Waals surface area contributed by atoms with Crippen molar-refractivity contribution in [2.24, 2.45) is 11.8 Å². The molecule has 1 aliphatic heterocycles. The predicted octanol–water partition coefficient (Wildman–Crippen LogP) is 2.86. The second kappa shape index (κ2) is 9.09. The van der Waals surface area contributed by atoms with Gasteiger partial charge in [0.2, 0.25) is 0 Å². The zero-order chi connectivity index (χ0) is 18.4. The second-order valence-corrected chi connectivity index (χ2v) is 7.55. The highest BCUT2D eigenvalue weighted by atomic mass is 16.5. The summed E-state index contributed by atoms with van der Waals surface area (Å²) in [6.07, 6.45) is 1.99. The molecule has 2 amide bonds. The van der Waals surface area contributed by atoms with E-state index in [-0.39, 0.29) is 6.03 Å². The van der Waals surface area contributed by atoms with Crippen LogP contribution in [-0.4, -0.2) is 62.7 Å². The summed E-state index contributed by atoms with van der Waals surface area (Å²) in [5, 5.41) is 3.10. The SMILES string of the molecule is COc1ccc(C[C@H](C)CNC(=O)N(C)[C@H]2CCN(C)C[C@@H]2C)cc1. The van der Waals surface area contributed by atoms with Gasteiger partial charge in [0, 0.05) is 26.2 Å². The van der Waals surface area contributed by atoms with E-state index in [1.54, 1.807) is 7.11 Å². The summed E-state index contributed by atoms with van der Waals surface area (Å²) in [7, 11) is 5.75. The number of rotatable bonds is 6. The van der Waals surface area contributed by atoms with Gasteiger partial charge in [-0.25, -0.2) is 4.79 Å². The van der Waals surface area contributed by atoms with Crippen molar-refractivity contribution in [2.45, 2.75) is 32.7 Å². The third-order valence-electron chi connectivity index (χ3n) is 5.23. The Morgan fingerprint density at radius 3 is 2.68 bits per heavy atom. The van der Waals surface area contributed by atoms with E-state index < -0.39 is 0 Å². The number of amides is 2. The minimum atomic E-state index is 0.0444. The van der Waals surface area contributed by atoms with Gasteiger partial charge in [-0.05, 0) is 56.0 Å². The Morgan fingerprint density at radius 1 is 1.40 bits per heavy atom. The standard InChI is InChI=1S/C20H33N3O2/c1-15(12-17-6-8-18(25-5)9-7-17)13-21-20(24)23(4)19-10-11-22(3)14-16(19)2/h6-9,15-16,19H,10-14H2,1-5H3,(H,21,24)/t15-,16-,19-/m0/s1. The largest absolute Gasteiger partial charge is 0.497 e. The van der Waals surface area contributed by atoms with Gasteiger partial charge in [0.1, 0.15) is 5.75 Å². The monoisotopic (exact) mass is 347 g/mol. The summed E-state index contributed by atoms with van der Waals surface area (Å²) in [5.41, 5.74) is 1.26. The summed E-state index contributed by atoms with van der Waals surface area (Å²) in [6.45, 7) is 7.20. The molecule has 0 unspecified atom stereocenters. The van der Waals surface area contributed by atoms with Gasteiger partial charge in [0.05, 0.1) is 7.11 Å². The fraction of sp³-hybridized carbons (Fsp3) is 0.650. The fourth-order valence-electron chi connectivity index (χ4n) is 3.69. The lowest BCUT2D eigenvalue weighted by Gasteiger charge is -2.40. The van der Waals surface area contributed by atoms with Gasteiger partial charge in [0.15, 0.2) is 0 Å². The second-order valence-electron chi connectivity index (χ2n) is 7.55. The van der Waals surface area contributed by atoms with E-state index in [0.29, 0.717) is 24.4 Å². The first-order valence-corrected chi connectivity index (χ1v) is 9.22. The molecule has 0 aliphatic carbocycles. The molecule has 0 radical (unpaired) electrons. The van der Waals surface area contributed by atoms with Gasteiger partial charge < -0.3 is 19.9 Å². The maximum atomic E-state index is 12.5. The molecule has 140 valence electrons. The Kier molecular flexibility index (Phi) is 7.12. The van der Waals surface area contributed by atoms with Crippen molar-refractivity contribution in [1.82, 2.24) is 15.1 Å². The number of piperidine rings is 1. The average Bonchev–Trinajstić information content (AvgIpc) is 2.60. The molecule has 0 saturated carbocycles. The molecular formula is C20H33N3O2. The molecule has 2 rings (SSSR count). The molecule has 1 saturated heterocycles. The lowest BCUT2D eigenvalue weighted by atomic mass is 9.93. The number of ether oxygens (including phenoxy) is 1. The smallest absolute Gasteiger partial charge is 0.317 e. The topological polar surface area (TPSA) is 44.8 Å². The fourth-order valence-corrected chi connectivity index (χ4v) is 3.69. The van der Waals surface area contributed by atoms with E-state index in [4.69, 9.17) is 4.74 Å². The van der Waals surface area contributed by atoms with E-state index in [9.17, 15) is 4.79 Å². The van der Waals surface area contributed by atoms with E-state index in [1.165, 1.54) is 5.56 Å². The number of hydrogen-bond donors (Lipinski definition) is 1. The number of hydrogen-bond acceptors (Lipinski definition) is 3. The van der Waals surface area contributed by atoms with Gasteiger partial charge in [0.25, 0.3) is 0 Å². The van der Waals surface area contributed by atoms with Crippen LogP contribution < -0.4 is 10.1 Å². The van der Waals surface area contributed by atoms with Gasteiger partial charge in [-0.1, -0.05) is 26.0 Å². The minimum Gasteiger partial charge on any atom is -0.497 e. The highest BCUT2D eigenvalue weighted by Gasteiger charge is 2.29. The van der Waals surface area contributed by atoms with E-state index in [2.05, 4.69) is 43.2 Å². The van der Waals surface area contributed by atoms with Crippen LogP contribution in [0, 0.1) is 11.8 Å². The Labute approximate surface area is 152 Å². The van der Waals surface area contributed by atoms with Crippen LogP contribution >= 0.6 is 0 Å². The van der Waals surface area contributed by atoms with Gasteiger partial charge in [-0.15, -0.1) is 0 Å². The lowest BCUT2D eigenvalue weighted by molar-refractivity contribution is 0.107. The predicted molar refractivity (Wildman–Crippen MR) is 102 cm³/mol. The third kappa shape index (κ3) is 5.63. The summed E-state index contributed by atoms with van der Waals surface area (Å²) < 4.78 is 5.19. The van der Waals surface area contributed by atoms with Gasteiger partial charge >= 0.3 is 6.03 Å². The molecule has 0 bridgehead atoms. The lowest BCUT2D eigenvalue weighted by Crippen LogP contribution is -2.52. The van der Waals surface area contributed by atoms with Crippen LogP contribution in [0.2, 0.25) is 0 Å². The van der Waals surface area contributed by atoms with Crippen molar-refractivity contribution in [3.05, 3.63) is 29.8 Å². The number of nitrogens with zero attached hydrogens (tertiary/aromatic N) is 2. The first-order valence-electron chi connectivity index (χ1n) is 9.22. The van der Waals surface area contributed by atoms with Crippen molar-refractivity contribution < 1.29 is 9.53 Å². The molecule has 1 fully saturated rings. The molecule has 25 heavy (non-hydrogen) atoms. The molecule has 1 aromatic rings. The highest BCUT2D eigenvalue weighted by molar-refractivity contribution is 5.74. The third-order valence-corrected chi connectivity index (χ3v) is 5.23. The van der Waals surface area contributed by atoms with Crippen LogP contribution in [-0.2, 0) is 6.42 Å². The number of methoxy groups -OCH3 is 1. The first kappa shape index (κ1) is 19.6. The first-order chi connectivity index (χ1) is 11.9. The average molecular weight is 348 g/mol. The Morgan fingerprint density at radius 2 is 2.08 bits per heavy atom. The van der Waals surface area contributed by atoms with E-state index in [1.807, 2.05) is 24.1 Å². The number of carbonyl (C=O) groups is 1. The quantitative estimate of drug-likeness (QED) is 0.861. The summed E-state index contributed by atoms with van der Waals surface area (Å²) in [5.74, 6) is 1.77. The van der Waals surface area contributed by atoms with Crippen LogP contribution in [0.4, 0.5) is 4.79 Å². The number of benzene rings is 1. The summed E-state index contributed by atoms with van der Waals surface area (Å²) in [4.78, 5) is 16.7. The van der Waals surface area contributed by atoms with Crippen LogP contribution in [0.3, 0.4) is 0 Å². The molecular weight excluding hydrogens is 314 g/mol. The molecule has 5 nitrogen and oxygen atoms in total. The van der Waals surface area contributed by atoms with Crippen molar-refractivity contribution in [3.8, 4) is 5.75 Å². The summed E-state index contributed by atoms with van der Waals surface area (Å²) in [6, 6.07) is 8.51. The molecule has 3 atom stereocenters. The molecule has 0 aromatic heterocycles. The van der Waals surface area contributed by atoms with E-state index >= 15 is 0 Å². The highest BCUT2D eigenvalue weighted by Crippen LogP contribution is 2.20. The zero-order valence-corrected chi connectivity index (χ0v) is 16.3. The number of urea groups is 1. The van der Waals surface area contributed by atoms with Crippen molar-refractivity contribution in [1.29, 1.82) is 0 Å². The van der Waals surface area contributed by atoms with E-state index in [0.717, 1.165) is 31.7 Å². The maximum Gasteiger partial charge on any atom is 0.317 e. The summed E-state index contributed by atoms with van der Waals surface area (Å²) >= 11 is 0. The zero-order valence-electron chi connectivity index (χ0n) is 16.3. The molecule has 5 heteroatoms. The normalized spacial score (nSPS) is 22.3. The Bertz CT molecular complexity index is 546. The van der Waals surface area contributed by atoms with Crippen molar-refractivity contribution in [2.75, 3.05) is 40.8 Å². The van der Waals surface area contributed by atoms with Crippen LogP contribution in [0.5, 0.6) is 5.75 Å². The van der Waals surface area contributed by atoms with Crippen molar-refractivity contribution in [3.63, 3.8) is 0 Å². The number of likely N-dealkylation sites (tertiary alicyclic amines) is 1. The van der Waals surface area contributed by atoms with Gasteiger partial charge in [-0.2, -0.15) is 0 Å². The molecule has 1 heterocycles. The minimum absolute atomic E-state index is 0.0444.